The van der Waals surface area contributed by atoms with Gasteiger partial charge in [-0.1, -0.05) is 33.6 Å². The molecular weight excluding hydrogens is 425 g/mol. The molecule has 0 bridgehead atoms. The number of alkyl halides is 3. The van der Waals surface area contributed by atoms with E-state index in [1.54, 1.807) is 31.2 Å². The molecule has 0 fully saturated rings. The van der Waals surface area contributed by atoms with Gasteiger partial charge in [-0.05, 0) is 47.5 Å². The molecule has 9 heteroatoms. The lowest BCUT2D eigenvalue weighted by atomic mass is 9.97. The Balaban J connectivity index is 1.83. The van der Waals surface area contributed by atoms with E-state index in [1.165, 1.54) is 0 Å². The number of halogens is 4. The van der Waals surface area contributed by atoms with Gasteiger partial charge in [-0.3, -0.25) is 4.79 Å². The molecular formula is C18H14BrF3N4O. The second-order valence-electron chi connectivity index (χ2n) is 6.13. The Morgan fingerprint density at radius 2 is 1.93 bits per heavy atom. The third-order valence-corrected chi connectivity index (χ3v) is 4.40. The number of carbonyl (C=O) groups is 1. The Bertz CT molecular complexity index is 971. The number of carbonyl (C=O) groups excluding carboxylic acids is 1. The van der Waals surface area contributed by atoms with Crippen molar-refractivity contribution in [2.24, 2.45) is 0 Å². The van der Waals surface area contributed by atoms with Gasteiger partial charge < -0.3 is 0 Å². The number of hydrogen-bond donors (Lipinski definition) is 1. The van der Waals surface area contributed by atoms with Crippen molar-refractivity contribution in [1.29, 1.82) is 0 Å². The molecule has 1 heterocycles. The Morgan fingerprint density at radius 1 is 1.15 bits per heavy atom. The van der Waals surface area contributed by atoms with Crippen LogP contribution in [0.2, 0.25) is 0 Å². The number of aryl methyl sites for hydroxylation is 1. The van der Waals surface area contributed by atoms with Crippen LogP contribution in [0.25, 0.3) is 11.4 Å². The van der Waals surface area contributed by atoms with Crippen LogP contribution in [-0.2, 0) is 23.8 Å². The van der Waals surface area contributed by atoms with Crippen molar-refractivity contribution in [3.8, 4) is 11.4 Å². The van der Waals surface area contributed by atoms with Gasteiger partial charge in [0, 0.05) is 22.9 Å². The largest absolute Gasteiger partial charge is 0.416 e. The van der Waals surface area contributed by atoms with Crippen LogP contribution in [0.3, 0.4) is 0 Å². The lowest BCUT2D eigenvalue weighted by Crippen LogP contribution is -2.10. The number of Topliss-reactive ketones (excluding diaryl/α,β-unsaturated/α-hetero) is 1. The van der Waals surface area contributed by atoms with E-state index in [9.17, 15) is 18.0 Å². The monoisotopic (exact) mass is 438 g/mol. The Morgan fingerprint density at radius 3 is 2.59 bits per heavy atom. The third-order valence-electron chi connectivity index (χ3n) is 3.91. The summed E-state index contributed by atoms with van der Waals surface area (Å²) in [6.45, 7) is 1.58. The molecule has 0 spiro atoms. The summed E-state index contributed by atoms with van der Waals surface area (Å²) in [5.74, 6) is 0.134. The van der Waals surface area contributed by atoms with Crippen molar-refractivity contribution >= 4 is 21.7 Å². The van der Waals surface area contributed by atoms with E-state index in [1.807, 2.05) is 0 Å². The number of hydrogen-bond acceptors (Lipinski definition) is 4. The first-order valence-corrected chi connectivity index (χ1v) is 8.73. The van der Waals surface area contributed by atoms with Crippen molar-refractivity contribution in [3.63, 3.8) is 0 Å². The molecule has 140 valence electrons. The number of tetrazole rings is 1. The van der Waals surface area contributed by atoms with Gasteiger partial charge in [0.1, 0.15) is 5.78 Å². The number of nitrogens with one attached hydrogen (secondary N) is 1. The van der Waals surface area contributed by atoms with Gasteiger partial charge in [0.2, 0.25) is 5.82 Å². The second-order valence-corrected chi connectivity index (χ2v) is 7.05. The maximum absolute atomic E-state index is 13.0. The first-order valence-electron chi connectivity index (χ1n) is 7.94. The molecule has 0 saturated heterocycles. The van der Waals surface area contributed by atoms with Crippen LogP contribution >= 0.6 is 15.9 Å². The summed E-state index contributed by atoms with van der Waals surface area (Å²) in [6, 6.07) is 8.98. The molecule has 0 amide bonds. The summed E-state index contributed by atoms with van der Waals surface area (Å²) in [7, 11) is 0. The number of benzene rings is 2. The Kier molecular flexibility index (Phi) is 5.41. The van der Waals surface area contributed by atoms with Crippen LogP contribution in [0.1, 0.15) is 22.3 Å². The van der Waals surface area contributed by atoms with E-state index < -0.39 is 11.7 Å². The maximum Gasteiger partial charge on any atom is 0.416 e. The molecule has 0 aliphatic rings. The number of H-pyrrole nitrogens is 1. The highest BCUT2D eigenvalue weighted by atomic mass is 79.9. The van der Waals surface area contributed by atoms with Crippen LogP contribution in [0, 0.1) is 6.92 Å². The lowest BCUT2D eigenvalue weighted by Gasteiger charge is -2.11. The standard InChI is InChI=1S/C18H14BrF3N4O/c1-10-4-11(6-13(5-10)18(20,21)22)7-15(27)8-12-2-3-14(19)9-16(12)17-23-25-26-24-17/h2-6,9H,7-8H2,1H3,(H,23,24,25,26). The van der Waals surface area contributed by atoms with E-state index in [2.05, 4.69) is 36.6 Å². The molecule has 0 unspecified atom stereocenters. The average Bonchev–Trinajstić information content (AvgIpc) is 3.09. The summed E-state index contributed by atoms with van der Waals surface area (Å²) in [5.41, 5.74) is 1.36. The van der Waals surface area contributed by atoms with Gasteiger partial charge >= 0.3 is 6.18 Å². The van der Waals surface area contributed by atoms with E-state index >= 15 is 0 Å². The maximum atomic E-state index is 13.0. The zero-order valence-corrected chi connectivity index (χ0v) is 15.7. The minimum Gasteiger partial charge on any atom is -0.299 e. The van der Waals surface area contributed by atoms with E-state index in [0.717, 1.165) is 16.6 Å². The Hall–Kier alpha value is -2.55. The molecule has 5 nitrogen and oxygen atoms in total. The molecule has 0 radical (unpaired) electrons. The second kappa shape index (κ2) is 7.59. The quantitative estimate of drug-likeness (QED) is 0.643. The highest BCUT2D eigenvalue weighted by molar-refractivity contribution is 9.10. The van der Waals surface area contributed by atoms with Crippen molar-refractivity contribution in [3.05, 3.63) is 63.1 Å². The number of rotatable bonds is 5. The minimum absolute atomic E-state index is 0.0481. The minimum atomic E-state index is -4.44. The molecule has 0 aliphatic heterocycles. The predicted octanol–water partition coefficient (Wildman–Crippen LogP) is 4.31. The lowest BCUT2D eigenvalue weighted by molar-refractivity contribution is -0.137. The average molecular weight is 439 g/mol. The number of aromatic nitrogens is 4. The van der Waals surface area contributed by atoms with Gasteiger partial charge in [-0.2, -0.15) is 18.4 Å². The van der Waals surface area contributed by atoms with E-state index in [-0.39, 0.29) is 18.6 Å². The molecule has 3 rings (SSSR count). The van der Waals surface area contributed by atoms with Crippen molar-refractivity contribution in [2.45, 2.75) is 25.9 Å². The van der Waals surface area contributed by atoms with E-state index in [4.69, 9.17) is 0 Å². The molecule has 2 aromatic carbocycles. The highest BCUT2D eigenvalue weighted by Crippen LogP contribution is 2.31. The Labute approximate surface area is 161 Å². The fraction of sp³-hybridized carbons (Fsp3) is 0.222. The predicted molar refractivity (Wildman–Crippen MR) is 95.9 cm³/mol. The van der Waals surface area contributed by atoms with Crippen LogP contribution < -0.4 is 0 Å². The van der Waals surface area contributed by atoms with Gasteiger partial charge in [-0.25, -0.2) is 0 Å². The van der Waals surface area contributed by atoms with Crippen molar-refractivity contribution in [2.75, 3.05) is 0 Å². The highest BCUT2D eigenvalue weighted by Gasteiger charge is 2.31. The summed E-state index contributed by atoms with van der Waals surface area (Å²) in [5, 5.41) is 13.7. The number of ketones is 1. The zero-order valence-electron chi connectivity index (χ0n) is 14.1. The molecule has 0 aliphatic carbocycles. The first kappa shape index (κ1) is 19.2. The summed E-state index contributed by atoms with van der Waals surface area (Å²) in [6.07, 6.45) is -4.49. The molecule has 0 saturated carbocycles. The van der Waals surface area contributed by atoms with Crippen LogP contribution in [0.4, 0.5) is 13.2 Å². The third kappa shape index (κ3) is 4.79. The number of aromatic amines is 1. The molecule has 0 atom stereocenters. The topological polar surface area (TPSA) is 71.5 Å². The zero-order chi connectivity index (χ0) is 19.6. The van der Waals surface area contributed by atoms with E-state index in [0.29, 0.717) is 28.1 Å². The van der Waals surface area contributed by atoms with Crippen LogP contribution in [0.5, 0.6) is 0 Å². The van der Waals surface area contributed by atoms with Gasteiger partial charge in [-0.15, -0.1) is 10.2 Å². The van der Waals surface area contributed by atoms with Gasteiger partial charge in [0.25, 0.3) is 0 Å². The molecule has 1 N–H and O–H groups in total. The fourth-order valence-corrected chi connectivity index (χ4v) is 3.18. The SMILES string of the molecule is Cc1cc(CC(=O)Cc2ccc(Br)cc2-c2nn[nH]n2)cc(C(F)(F)F)c1. The van der Waals surface area contributed by atoms with Crippen molar-refractivity contribution < 1.29 is 18.0 Å². The summed E-state index contributed by atoms with van der Waals surface area (Å²) >= 11 is 3.36. The van der Waals surface area contributed by atoms with Gasteiger partial charge in [0.05, 0.1) is 5.56 Å². The smallest absolute Gasteiger partial charge is 0.299 e. The first-order chi connectivity index (χ1) is 12.7. The van der Waals surface area contributed by atoms with Crippen LogP contribution in [-0.4, -0.2) is 26.4 Å². The fourth-order valence-electron chi connectivity index (χ4n) is 2.82. The van der Waals surface area contributed by atoms with Crippen LogP contribution in [0.15, 0.2) is 40.9 Å². The normalized spacial score (nSPS) is 11.6. The molecule has 3 aromatic rings. The van der Waals surface area contributed by atoms with Crippen molar-refractivity contribution in [1.82, 2.24) is 20.6 Å². The summed E-state index contributed by atoms with van der Waals surface area (Å²) in [4.78, 5) is 12.5. The molecule has 27 heavy (non-hydrogen) atoms. The molecule has 1 aromatic heterocycles. The van der Waals surface area contributed by atoms with Gasteiger partial charge in [0.15, 0.2) is 0 Å². The summed E-state index contributed by atoms with van der Waals surface area (Å²) < 4.78 is 39.7. The number of nitrogens with zero attached hydrogens (tertiary/aromatic N) is 3.